The fraction of sp³-hybridized carbons (Fsp3) is 0. The Labute approximate surface area is 305 Å². The van der Waals surface area contributed by atoms with E-state index in [0.717, 1.165) is 61.4 Å². The molecule has 10 aromatic rings. The fourth-order valence-electron chi connectivity index (χ4n) is 8.99. The monoisotopic (exact) mass is 676 g/mol. The number of para-hydroxylation sites is 6. The predicted molar refractivity (Wildman–Crippen MR) is 219 cm³/mol. The highest BCUT2D eigenvalue weighted by Crippen LogP contribution is 2.47. The van der Waals surface area contributed by atoms with Gasteiger partial charge in [-0.3, -0.25) is 0 Å². The third kappa shape index (κ3) is 4.02. The smallest absolute Gasteiger partial charge is 0.336 e. The summed E-state index contributed by atoms with van der Waals surface area (Å²) in [6.45, 7) is -0.107. The SMILES string of the molecule is c1ccc(N2B3c4ccc(-n5c6ccccc6c6ccccc65)cc4Oc4cc(-c5cccc6c5oc5ccccc56)cc(c43)-c3ccccc32)cc1. The third-order valence-corrected chi connectivity index (χ3v) is 11.2. The first-order chi connectivity index (χ1) is 26.3. The molecule has 0 saturated carbocycles. The van der Waals surface area contributed by atoms with Crippen LogP contribution >= 0.6 is 0 Å². The number of rotatable bonds is 3. The summed E-state index contributed by atoms with van der Waals surface area (Å²) < 4.78 is 16.1. The summed E-state index contributed by atoms with van der Waals surface area (Å²) in [6, 6.07) is 62.9. The Morgan fingerprint density at radius 3 is 1.96 bits per heavy atom. The lowest BCUT2D eigenvalue weighted by molar-refractivity contribution is 0.487. The van der Waals surface area contributed by atoms with Crippen molar-refractivity contribution in [1.29, 1.82) is 0 Å². The van der Waals surface area contributed by atoms with Crippen molar-refractivity contribution in [3.63, 3.8) is 0 Å². The topological polar surface area (TPSA) is 30.5 Å². The molecule has 0 N–H and O–H groups in total. The molecule has 0 spiro atoms. The molecule has 246 valence electrons. The molecule has 4 nitrogen and oxygen atoms in total. The molecule has 53 heavy (non-hydrogen) atoms. The van der Waals surface area contributed by atoms with Crippen LogP contribution in [0.3, 0.4) is 0 Å². The normalized spacial score (nSPS) is 13.0. The highest BCUT2D eigenvalue weighted by molar-refractivity contribution is 6.92. The standard InChI is InChI=1S/C48H29BN2O2/c1-2-13-31(14-3-1)51-43-23-10-6-17-36(43)39-27-30(33-19-12-20-38-37-18-7-11-24-44(37)53-48(33)38)28-46-47(39)49(51)40-26-25-32(29-45(40)52-46)50-41-21-8-4-15-34(41)35-16-5-9-22-42(35)50/h1-29H. The van der Waals surface area contributed by atoms with Gasteiger partial charge < -0.3 is 18.5 Å². The van der Waals surface area contributed by atoms with Gasteiger partial charge in [0.25, 0.3) is 0 Å². The van der Waals surface area contributed by atoms with Crippen LogP contribution in [0.4, 0.5) is 11.4 Å². The van der Waals surface area contributed by atoms with E-state index in [4.69, 9.17) is 9.15 Å². The first-order valence-corrected chi connectivity index (χ1v) is 18.1. The molecule has 0 aliphatic carbocycles. The highest BCUT2D eigenvalue weighted by atomic mass is 16.5. The number of hydrogen-bond acceptors (Lipinski definition) is 3. The van der Waals surface area contributed by atoms with Gasteiger partial charge in [0, 0.05) is 61.3 Å². The largest absolute Gasteiger partial charge is 0.458 e. The molecule has 0 atom stereocenters. The maximum Gasteiger partial charge on any atom is 0.336 e. The van der Waals surface area contributed by atoms with E-state index in [0.29, 0.717) is 0 Å². The van der Waals surface area contributed by atoms with E-state index in [1.54, 1.807) is 0 Å². The Balaban J connectivity index is 1.13. The van der Waals surface area contributed by atoms with E-state index in [2.05, 4.69) is 173 Å². The van der Waals surface area contributed by atoms with Crippen molar-refractivity contribution in [2.24, 2.45) is 0 Å². The molecule has 0 amide bonds. The van der Waals surface area contributed by atoms with Crippen LogP contribution in [-0.2, 0) is 0 Å². The van der Waals surface area contributed by atoms with Crippen LogP contribution in [0.1, 0.15) is 0 Å². The minimum atomic E-state index is -0.107. The average molecular weight is 677 g/mol. The van der Waals surface area contributed by atoms with Crippen molar-refractivity contribution in [1.82, 2.24) is 4.57 Å². The van der Waals surface area contributed by atoms with Crippen LogP contribution < -0.4 is 20.5 Å². The van der Waals surface area contributed by atoms with E-state index in [1.807, 2.05) is 12.1 Å². The summed E-state index contributed by atoms with van der Waals surface area (Å²) in [7, 11) is 0. The van der Waals surface area contributed by atoms with Crippen molar-refractivity contribution < 1.29 is 9.15 Å². The summed E-state index contributed by atoms with van der Waals surface area (Å²) in [5.41, 5.74) is 14.3. The zero-order chi connectivity index (χ0) is 34.6. The molecular formula is C48H29BN2O2. The van der Waals surface area contributed by atoms with Gasteiger partial charge in [0.1, 0.15) is 22.7 Å². The Morgan fingerprint density at radius 2 is 1.13 bits per heavy atom. The van der Waals surface area contributed by atoms with Crippen molar-refractivity contribution in [3.8, 4) is 39.4 Å². The first-order valence-electron chi connectivity index (χ1n) is 18.1. The van der Waals surface area contributed by atoms with Gasteiger partial charge in [-0.2, -0.15) is 0 Å². The first kappa shape index (κ1) is 28.7. The van der Waals surface area contributed by atoms with Gasteiger partial charge in [-0.25, -0.2) is 0 Å². The fourth-order valence-corrected chi connectivity index (χ4v) is 8.99. The lowest BCUT2D eigenvalue weighted by Crippen LogP contribution is -2.59. The molecule has 0 bridgehead atoms. The molecule has 0 radical (unpaired) electrons. The van der Waals surface area contributed by atoms with Gasteiger partial charge in [-0.1, -0.05) is 115 Å². The number of aromatic nitrogens is 1. The molecule has 0 saturated heterocycles. The van der Waals surface area contributed by atoms with Crippen molar-refractivity contribution >= 4 is 72.9 Å². The minimum Gasteiger partial charge on any atom is -0.458 e. The van der Waals surface area contributed by atoms with E-state index in [-0.39, 0.29) is 6.85 Å². The van der Waals surface area contributed by atoms with E-state index < -0.39 is 0 Å². The summed E-state index contributed by atoms with van der Waals surface area (Å²) in [5.74, 6) is 1.71. The highest BCUT2D eigenvalue weighted by Gasteiger charge is 2.44. The molecule has 5 heteroatoms. The second-order valence-electron chi connectivity index (χ2n) is 14.0. The quantitative estimate of drug-likeness (QED) is 0.175. The van der Waals surface area contributed by atoms with Gasteiger partial charge in [-0.05, 0) is 71.2 Å². The van der Waals surface area contributed by atoms with Crippen LogP contribution in [0.5, 0.6) is 11.5 Å². The van der Waals surface area contributed by atoms with Gasteiger partial charge in [0.05, 0.1) is 11.0 Å². The van der Waals surface area contributed by atoms with Gasteiger partial charge in [0.15, 0.2) is 0 Å². The van der Waals surface area contributed by atoms with E-state index in [9.17, 15) is 0 Å². The van der Waals surface area contributed by atoms with Gasteiger partial charge in [-0.15, -0.1) is 0 Å². The summed E-state index contributed by atoms with van der Waals surface area (Å²) in [5, 5.41) is 4.70. The molecule has 8 aromatic carbocycles. The maximum atomic E-state index is 7.15. The Bertz CT molecular complexity index is 3070. The molecule has 2 aliphatic rings. The Morgan fingerprint density at radius 1 is 0.453 bits per heavy atom. The average Bonchev–Trinajstić information content (AvgIpc) is 3.77. The number of anilines is 2. The lowest BCUT2D eigenvalue weighted by Gasteiger charge is -2.42. The zero-order valence-electron chi connectivity index (χ0n) is 28.5. The molecule has 0 fully saturated rings. The maximum absolute atomic E-state index is 7.15. The molecule has 0 unspecified atom stereocenters. The van der Waals surface area contributed by atoms with Crippen LogP contribution in [0.2, 0.25) is 0 Å². The number of ether oxygens (including phenoxy) is 1. The number of nitrogens with zero attached hydrogens (tertiary/aromatic N) is 2. The van der Waals surface area contributed by atoms with Crippen LogP contribution in [0, 0.1) is 0 Å². The molecule has 12 rings (SSSR count). The van der Waals surface area contributed by atoms with Crippen LogP contribution in [0.15, 0.2) is 180 Å². The van der Waals surface area contributed by atoms with Gasteiger partial charge >= 0.3 is 6.85 Å². The van der Waals surface area contributed by atoms with Gasteiger partial charge in [0.2, 0.25) is 0 Å². The second kappa shape index (κ2) is 10.8. The Kier molecular flexibility index (Phi) is 5.83. The number of furan rings is 1. The summed E-state index contributed by atoms with van der Waals surface area (Å²) in [6.07, 6.45) is 0. The number of benzene rings is 8. The molecule has 4 heterocycles. The minimum absolute atomic E-state index is 0.107. The van der Waals surface area contributed by atoms with Crippen LogP contribution in [0.25, 0.3) is 71.7 Å². The second-order valence-corrected chi connectivity index (χ2v) is 14.0. The van der Waals surface area contributed by atoms with Crippen LogP contribution in [-0.4, -0.2) is 11.4 Å². The van der Waals surface area contributed by atoms with Crippen molar-refractivity contribution in [2.75, 3.05) is 4.81 Å². The Hall–Kier alpha value is -6.98. The predicted octanol–water partition coefficient (Wildman–Crippen LogP) is 11.4. The number of hydrogen-bond donors (Lipinski definition) is 0. The third-order valence-electron chi connectivity index (χ3n) is 11.2. The van der Waals surface area contributed by atoms with E-state index in [1.165, 1.54) is 44.1 Å². The van der Waals surface area contributed by atoms with E-state index >= 15 is 0 Å². The molecule has 2 aliphatic heterocycles. The summed E-state index contributed by atoms with van der Waals surface area (Å²) >= 11 is 0. The molecule has 2 aromatic heterocycles. The molecular weight excluding hydrogens is 647 g/mol. The van der Waals surface area contributed by atoms with Crippen molar-refractivity contribution in [3.05, 3.63) is 176 Å². The van der Waals surface area contributed by atoms with Crippen molar-refractivity contribution in [2.45, 2.75) is 0 Å². The number of fused-ring (bicyclic) bond motifs is 10. The lowest BCUT2D eigenvalue weighted by atomic mass is 9.44. The zero-order valence-corrected chi connectivity index (χ0v) is 28.5. The summed E-state index contributed by atoms with van der Waals surface area (Å²) in [4.78, 5) is 2.49.